The summed E-state index contributed by atoms with van der Waals surface area (Å²) in [4.78, 5) is 36.8. The largest absolute Gasteiger partial charge is 0.465 e. The summed E-state index contributed by atoms with van der Waals surface area (Å²) in [5.41, 5.74) is 1.93. The van der Waals surface area contributed by atoms with Crippen molar-refractivity contribution in [2.75, 3.05) is 7.11 Å². The molecule has 10 heteroatoms. The van der Waals surface area contributed by atoms with Gasteiger partial charge in [0.15, 0.2) is 5.82 Å². The minimum absolute atomic E-state index is 0.224. The first-order chi connectivity index (χ1) is 13.5. The topological polar surface area (TPSA) is 84.9 Å². The quantitative estimate of drug-likeness (QED) is 0.443. The molecule has 0 fully saturated rings. The zero-order chi connectivity index (χ0) is 19.8. The summed E-state index contributed by atoms with van der Waals surface area (Å²) in [6, 6.07) is 2.00. The molecule has 0 amide bonds. The standard InChI is InChI=1S/C18H12ClN3O3S3/c1-8-12-15(23)21-14(22-17(12)28-13(8)18(24)25-2)11(19)5-10-7-27-16(20-10)9-3-4-26-6-9/h3-7H,1-2H3,(H,21,22,23)/b11-5+. The molecule has 4 rings (SSSR count). The zero-order valence-electron chi connectivity index (χ0n) is 14.6. The van der Waals surface area contributed by atoms with Crippen LogP contribution in [-0.4, -0.2) is 28.0 Å². The van der Waals surface area contributed by atoms with Crippen LogP contribution in [-0.2, 0) is 4.74 Å². The molecule has 0 spiro atoms. The van der Waals surface area contributed by atoms with Gasteiger partial charge in [0.2, 0.25) is 0 Å². The van der Waals surface area contributed by atoms with Crippen molar-refractivity contribution in [2.24, 2.45) is 0 Å². The number of nitrogens with zero attached hydrogens (tertiary/aromatic N) is 2. The van der Waals surface area contributed by atoms with Gasteiger partial charge in [-0.2, -0.15) is 11.3 Å². The molecule has 0 saturated heterocycles. The number of hydrogen-bond acceptors (Lipinski definition) is 8. The smallest absolute Gasteiger partial charge is 0.348 e. The molecule has 0 aromatic carbocycles. The second-order valence-electron chi connectivity index (χ2n) is 5.72. The fraction of sp³-hybridized carbons (Fsp3) is 0.111. The Morgan fingerprint density at radius 1 is 1.32 bits per heavy atom. The molecule has 0 bridgehead atoms. The number of halogens is 1. The Labute approximate surface area is 176 Å². The summed E-state index contributed by atoms with van der Waals surface area (Å²) in [7, 11) is 1.30. The lowest BCUT2D eigenvalue weighted by Gasteiger charge is -1.99. The number of thiazole rings is 1. The highest BCUT2D eigenvalue weighted by Crippen LogP contribution is 2.30. The normalized spacial score (nSPS) is 11.9. The molecule has 1 N–H and O–H groups in total. The van der Waals surface area contributed by atoms with E-state index in [-0.39, 0.29) is 16.4 Å². The first-order valence-electron chi connectivity index (χ1n) is 7.95. The van der Waals surface area contributed by atoms with Crippen molar-refractivity contribution in [1.29, 1.82) is 0 Å². The number of hydrogen-bond donors (Lipinski definition) is 1. The van der Waals surface area contributed by atoms with Crippen LogP contribution in [0.4, 0.5) is 0 Å². The first kappa shape index (κ1) is 19.0. The van der Waals surface area contributed by atoms with E-state index in [0.717, 1.165) is 21.9 Å². The van der Waals surface area contributed by atoms with E-state index >= 15 is 0 Å². The molecule has 0 aliphatic heterocycles. The van der Waals surface area contributed by atoms with Crippen LogP contribution in [0.2, 0.25) is 0 Å². The molecule has 0 aliphatic carbocycles. The maximum absolute atomic E-state index is 12.5. The molecule has 4 aromatic rings. The number of H-pyrrole nitrogens is 1. The van der Waals surface area contributed by atoms with Crippen molar-refractivity contribution in [3.8, 4) is 10.6 Å². The van der Waals surface area contributed by atoms with Crippen molar-refractivity contribution in [3.05, 3.63) is 54.5 Å². The highest BCUT2D eigenvalue weighted by Gasteiger charge is 2.20. The van der Waals surface area contributed by atoms with Gasteiger partial charge in [0.1, 0.15) is 14.7 Å². The van der Waals surface area contributed by atoms with Crippen LogP contribution in [0.1, 0.15) is 26.8 Å². The van der Waals surface area contributed by atoms with E-state index in [4.69, 9.17) is 16.3 Å². The average molecular weight is 450 g/mol. The maximum Gasteiger partial charge on any atom is 0.348 e. The van der Waals surface area contributed by atoms with Crippen molar-refractivity contribution in [3.63, 3.8) is 0 Å². The number of ether oxygens (including phenoxy) is 1. The van der Waals surface area contributed by atoms with E-state index < -0.39 is 5.97 Å². The number of aryl methyl sites for hydroxylation is 1. The summed E-state index contributed by atoms with van der Waals surface area (Å²) < 4.78 is 4.76. The number of rotatable bonds is 4. The van der Waals surface area contributed by atoms with Gasteiger partial charge in [-0.15, -0.1) is 22.7 Å². The van der Waals surface area contributed by atoms with Gasteiger partial charge in [-0.3, -0.25) is 4.79 Å². The van der Waals surface area contributed by atoms with E-state index in [0.29, 0.717) is 26.4 Å². The van der Waals surface area contributed by atoms with Gasteiger partial charge < -0.3 is 9.72 Å². The minimum Gasteiger partial charge on any atom is -0.465 e. The van der Waals surface area contributed by atoms with E-state index in [1.807, 2.05) is 22.2 Å². The maximum atomic E-state index is 12.5. The van der Waals surface area contributed by atoms with Crippen LogP contribution >= 0.6 is 45.6 Å². The summed E-state index contributed by atoms with van der Waals surface area (Å²) in [5.74, 6) is -0.270. The Hall–Kier alpha value is -2.33. The Balaban J connectivity index is 1.73. The minimum atomic E-state index is -0.494. The summed E-state index contributed by atoms with van der Waals surface area (Å²) >= 11 is 10.6. The van der Waals surface area contributed by atoms with Gasteiger partial charge in [0, 0.05) is 16.3 Å². The van der Waals surface area contributed by atoms with Crippen LogP contribution in [0, 0.1) is 6.92 Å². The van der Waals surface area contributed by atoms with Crippen LogP contribution in [0.15, 0.2) is 27.0 Å². The highest BCUT2D eigenvalue weighted by atomic mass is 35.5. The van der Waals surface area contributed by atoms with E-state index in [1.54, 1.807) is 24.3 Å². The molecular weight excluding hydrogens is 438 g/mol. The second kappa shape index (κ2) is 7.59. The Kier molecular flexibility index (Phi) is 5.15. The lowest BCUT2D eigenvalue weighted by atomic mass is 10.2. The Bertz CT molecular complexity index is 1270. The van der Waals surface area contributed by atoms with Gasteiger partial charge in [0.25, 0.3) is 5.56 Å². The Morgan fingerprint density at radius 2 is 2.14 bits per heavy atom. The number of esters is 1. The van der Waals surface area contributed by atoms with Crippen molar-refractivity contribution in [2.45, 2.75) is 6.92 Å². The van der Waals surface area contributed by atoms with Gasteiger partial charge in [0.05, 0.1) is 23.2 Å². The molecule has 142 valence electrons. The lowest BCUT2D eigenvalue weighted by Crippen LogP contribution is -2.10. The number of carbonyl (C=O) groups excluding carboxylic acids is 1. The van der Waals surface area contributed by atoms with Gasteiger partial charge in [-0.05, 0) is 30.0 Å². The molecule has 0 saturated carbocycles. The fourth-order valence-corrected chi connectivity index (χ4v) is 5.40. The van der Waals surface area contributed by atoms with E-state index in [1.165, 1.54) is 18.4 Å². The summed E-state index contributed by atoms with van der Waals surface area (Å²) in [5, 5.41) is 7.42. The first-order valence-corrected chi connectivity index (χ1v) is 11.0. The van der Waals surface area contributed by atoms with Gasteiger partial charge in [-0.1, -0.05) is 11.6 Å². The number of thiophene rings is 2. The molecule has 0 atom stereocenters. The van der Waals surface area contributed by atoms with Crippen molar-refractivity contribution in [1.82, 2.24) is 15.0 Å². The molecular formula is C18H12ClN3O3S3. The average Bonchev–Trinajstić information content (AvgIpc) is 3.41. The fourth-order valence-electron chi connectivity index (χ4n) is 2.61. The zero-order valence-corrected chi connectivity index (χ0v) is 17.8. The summed E-state index contributed by atoms with van der Waals surface area (Å²) in [6.45, 7) is 1.69. The number of aromatic amines is 1. The molecule has 28 heavy (non-hydrogen) atoms. The summed E-state index contributed by atoms with van der Waals surface area (Å²) in [6.07, 6.45) is 1.65. The number of aromatic nitrogens is 3. The van der Waals surface area contributed by atoms with Crippen LogP contribution in [0.25, 0.3) is 31.9 Å². The third-order valence-corrected chi connectivity index (χ3v) is 7.01. The number of carbonyl (C=O) groups is 1. The van der Waals surface area contributed by atoms with Crippen LogP contribution < -0.4 is 5.56 Å². The van der Waals surface area contributed by atoms with Crippen LogP contribution in [0.5, 0.6) is 0 Å². The SMILES string of the molecule is COC(=O)c1sc2nc(/C(Cl)=C\c3csc(-c4ccsc4)n3)[nH]c(=O)c2c1C. The Morgan fingerprint density at radius 3 is 2.86 bits per heavy atom. The molecule has 4 heterocycles. The highest BCUT2D eigenvalue weighted by molar-refractivity contribution is 7.20. The molecule has 0 unspecified atom stereocenters. The van der Waals surface area contributed by atoms with Crippen molar-refractivity contribution < 1.29 is 9.53 Å². The van der Waals surface area contributed by atoms with E-state index in [2.05, 4.69) is 15.0 Å². The van der Waals surface area contributed by atoms with E-state index in [9.17, 15) is 9.59 Å². The molecule has 0 radical (unpaired) electrons. The predicted octanol–water partition coefficient (Wildman–Crippen LogP) is 5.00. The molecule has 6 nitrogen and oxygen atoms in total. The number of methoxy groups -OCH3 is 1. The molecule has 0 aliphatic rings. The monoisotopic (exact) mass is 449 g/mol. The third kappa shape index (κ3) is 3.42. The molecule has 4 aromatic heterocycles. The van der Waals surface area contributed by atoms with Gasteiger partial charge >= 0.3 is 5.97 Å². The second-order valence-corrected chi connectivity index (χ2v) is 8.77. The number of fused-ring (bicyclic) bond motifs is 1. The van der Waals surface area contributed by atoms with Crippen LogP contribution in [0.3, 0.4) is 0 Å². The van der Waals surface area contributed by atoms with Crippen molar-refractivity contribution >= 4 is 72.9 Å². The predicted molar refractivity (Wildman–Crippen MR) is 115 cm³/mol. The lowest BCUT2D eigenvalue weighted by molar-refractivity contribution is 0.0605. The third-order valence-electron chi connectivity index (χ3n) is 3.96. The number of nitrogens with one attached hydrogen (secondary N) is 1. The van der Waals surface area contributed by atoms with Gasteiger partial charge in [-0.25, -0.2) is 14.8 Å².